The van der Waals surface area contributed by atoms with E-state index in [0.29, 0.717) is 30.2 Å². The van der Waals surface area contributed by atoms with Crippen molar-refractivity contribution in [2.45, 2.75) is 33.0 Å². The van der Waals surface area contributed by atoms with Gasteiger partial charge in [0.1, 0.15) is 0 Å². The van der Waals surface area contributed by atoms with Gasteiger partial charge < -0.3 is 24.7 Å². The molecule has 35 heavy (non-hydrogen) atoms. The van der Waals surface area contributed by atoms with E-state index in [2.05, 4.69) is 23.3 Å². The normalized spacial score (nSPS) is 12.0. The predicted octanol–water partition coefficient (Wildman–Crippen LogP) is 4.73. The average Bonchev–Trinajstić information content (AvgIpc) is 3.35. The molecule has 5 rings (SSSR count). The Morgan fingerprint density at radius 1 is 0.914 bits per heavy atom. The van der Waals surface area contributed by atoms with Crippen LogP contribution < -0.4 is 20.3 Å². The van der Waals surface area contributed by atoms with Crippen molar-refractivity contribution in [3.8, 4) is 11.5 Å². The maximum Gasteiger partial charge on any atom is 0.318 e. The summed E-state index contributed by atoms with van der Waals surface area (Å²) in [6.45, 7) is 3.15. The van der Waals surface area contributed by atoms with Crippen LogP contribution in [0.15, 0.2) is 77.6 Å². The molecule has 7 heteroatoms. The molecule has 2 amide bonds. The zero-order chi connectivity index (χ0) is 24.2. The van der Waals surface area contributed by atoms with E-state index in [4.69, 9.17) is 9.47 Å². The molecular formula is C28H27N3O4. The highest BCUT2D eigenvalue weighted by Gasteiger charge is 2.19. The summed E-state index contributed by atoms with van der Waals surface area (Å²) < 4.78 is 10.9. The van der Waals surface area contributed by atoms with E-state index in [1.165, 1.54) is 5.56 Å². The van der Waals surface area contributed by atoms with E-state index in [1.54, 1.807) is 4.90 Å². The quantitative estimate of drug-likeness (QED) is 0.410. The third-order valence-electron chi connectivity index (χ3n) is 6.14. The minimum Gasteiger partial charge on any atom is -0.454 e. The van der Waals surface area contributed by atoms with Crippen LogP contribution in [0.25, 0.3) is 10.9 Å². The number of benzene rings is 3. The first kappa shape index (κ1) is 22.5. The molecule has 0 fully saturated rings. The molecule has 0 spiro atoms. The fraction of sp³-hybridized carbons (Fsp3) is 0.214. The summed E-state index contributed by atoms with van der Waals surface area (Å²) in [5.41, 5.74) is 4.18. The Balaban J connectivity index is 1.42. The number of H-pyrrole nitrogens is 1. The molecule has 0 radical (unpaired) electrons. The van der Waals surface area contributed by atoms with Crippen molar-refractivity contribution in [2.75, 3.05) is 6.79 Å². The number of rotatable bonds is 7. The number of aromatic amines is 1. The van der Waals surface area contributed by atoms with Crippen molar-refractivity contribution in [1.82, 2.24) is 15.2 Å². The smallest absolute Gasteiger partial charge is 0.318 e. The summed E-state index contributed by atoms with van der Waals surface area (Å²) in [4.78, 5) is 30.8. The number of nitrogens with zero attached hydrogens (tertiary/aromatic N) is 1. The summed E-state index contributed by atoms with van der Waals surface area (Å²) in [7, 11) is 0. The first-order chi connectivity index (χ1) is 17.1. The Morgan fingerprint density at radius 2 is 1.71 bits per heavy atom. The molecule has 0 saturated heterocycles. The fourth-order valence-electron chi connectivity index (χ4n) is 4.19. The highest BCUT2D eigenvalue weighted by Crippen LogP contribution is 2.33. The predicted molar refractivity (Wildman–Crippen MR) is 134 cm³/mol. The minimum atomic E-state index is -0.256. The van der Waals surface area contributed by atoms with Crippen LogP contribution in [0.1, 0.15) is 29.2 Å². The summed E-state index contributed by atoms with van der Waals surface area (Å²) in [5, 5.41) is 3.94. The topological polar surface area (TPSA) is 83.7 Å². The second-order valence-corrected chi connectivity index (χ2v) is 8.59. The van der Waals surface area contributed by atoms with Gasteiger partial charge in [0.2, 0.25) is 6.79 Å². The molecule has 0 atom stereocenters. The molecule has 2 N–H and O–H groups in total. The number of amides is 2. The molecule has 1 aliphatic rings. The van der Waals surface area contributed by atoms with Gasteiger partial charge in [-0.1, -0.05) is 49.4 Å². The molecule has 0 unspecified atom stereocenters. The molecule has 2 heterocycles. The van der Waals surface area contributed by atoms with Gasteiger partial charge in [-0.05, 0) is 58.8 Å². The lowest BCUT2D eigenvalue weighted by Gasteiger charge is -2.23. The van der Waals surface area contributed by atoms with Crippen molar-refractivity contribution < 1.29 is 14.3 Å². The number of hydrogen-bond donors (Lipinski definition) is 2. The third kappa shape index (κ3) is 5.14. The number of aromatic nitrogens is 1. The lowest BCUT2D eigenvalue weighted by molar-refractivity contribution is 0.173. The molecule has 7 nitrogen and oxygen atoms in total. The van der Waals surface area contributed by atoms with Gasteiger partial charge in [0.25, 0.3) is 5.56 Å². The van der Waals surface area contributed by atoms with Crippen molar-refractivity contribution in [1.29, 1.82) is 0 Å². The number of carbonyl (C=O) groups is 1. The van der Waals surface area contributed by atoms with Gasteiger partial charge in [-0.15, -0.1) is 0 Å². The second-order valence-electron chi connectivity index (χ2n) is 8.59. The maximum atomic E-state index is 13.3. The van der Waals surface area contributed by atoms with Crippen molar-refractivity contribution in [2.24, 2.45) is 0 Å². The minimum absolute atomic E-state index is 0.163. The van der Waals surface area contributed by atoms with Gasteiger partial charge in [-0.2, -0.15) is 0 Å². The number of hydrogen-bond acceptors (Lipinski definition) is 4. The molecular weight excluding hydrogens is 442 g/mol. The van der Waals surface area contributed by atoms with E-state index >= 15 is 0 Å². The van der Waals surface area contributed by atoms with Crippen LogP contribution in [-0.2, 0) is 26.1 Å². The molecule has 1 aliphatic heterocycles. The summed E-state index contributed by atoms with van der Waals surface area (Å²) in [6.07, 6.45) is 0.905. The molecule has 0 aliphatic carbocycles. The first-order valence-electron chi connectivity index (χ1n) is 11.7. The first-order valence-corrected chi connectivity index (χ1v) is 11.7. The Labute approximate surface area is 203 Å². The highest BCUT2D eigenvalue weighted by atomic mass is 16.7. The molecule has 1 aromatic heterocycles. The number of ether oxygens (including phenoxy) is 2. The second kappa shape index (κ2) is 9.93. The van der Waals surface area contributed by atoms with E-state index in [-0.39, 0.29) is 24.9 Å². The molecule has 0 bridgehead atoms. The van der Waals surface area contributed by atoms with Crippen molar-refractivity contribution in [3.05, 3.63) is 105 Å². The van der Waals surface area contributed by atoms with Crippen LogP contribution in [0.4, 0.5) is 4.79 Å². The lowest BCUT2D eigenvalue weighted by atomic mass is 10.1. The molecule has 3 aromatic carbocycles. The summed E-state index contributed by atoms with van der Waals surface area (Å²) in [6, 6.07) is 23.0. The molecule has 178 valence electrons. The molecule has 0 saturated carbocycles. The van der Waals surface area contributed by atoms with E-state index in [0.717, 1.165) is 28.5 Å². The SMILES string of the molecule is CCc1ccc2[nH]c(=O)c(CN(Cc3ccc4c(c3)OCO4)C(=O)NCc3ccccc3)cc2c1. The standard InChI is InChI=1S/C28H27N3O4/c1-2-19-8-10-24-22(12-19)14-23(27(32)30-24)17-31(28(33)29-15-20-6-4-3-5-7-20)16-21-9-11-25-26(13-21)35-18-34-25/h3-14H,2,15-18H2,1H3,(H,29,33)(H,30,32). The Bertz CT molecular complexity index is 1420. The number of pyridine rings is 1. The largest absolute Gasteiger partial charge is 0.454 e. The van der Waals surface area contributed by atoms with Crippen LogP contribution >= 0.6 is 0 Å². The fourth-order valence-corrected chi connectivity index (χ4v) is 4.19. The monoisotopic (exact) mass is 469 g/mol. The summed E-state index contributed by atoms with van der Waals surface area (Å²) >= 11 is 0. The van der Waals surface area contributed by atoms with E-state index < -0.39 is 0 Å². The number of aryl methyl sites for hydroxylation is 1. The van der Waals surface area contributed by atoms with Crippen LogP contribution in [0.2, 0.25) is 0 Å². The van der Waals surface area contributed by atoms with Gasteiger partial charge in [0, 0.05) is 24.2 Å². The Kier molecular flexibility index (Phi) is 6.39. The number of fused-ring (bicyclic) bond motifs is 2. The zero-order valence-electron chi connectivity index (χ0n) is 19.5. The van der Waals surface area contributed by atoms with Gasteiger partial charge in [0.05, 0.1) is 6.54 Å². The lowest BCUT2D eigenvalue weighted by Crippen LogP contribution is -2.39. The average molecular weight is 470 g/mol. The van der Waals surface area contributed by atoms with Gasteiger partial charge >= 0.3 is 6.03 Å². The van der Waals surface area contributed by atoms with Gasteiger partial charge in [-0.3, -0.25) is 4.79 Å². The van der Waals surface area contributed by atoms with Crippen molar-refractivity contribution in [3.63, 3.8) is 0 Å². The van der Waals surface area contributed by atoms with Crippen LogP contribution in [0.3, 0.4) is 0 Å². The van der Waals surface area contributed by atoms with E-state index in [1.807, 2.05) is 66.7 Å². The zero-order valence-corrected chi connectivity index (χ0v) is 19.5. The van der Waals surface area contributed by atoms with Crippen LogP contribution in [-0.4, -0.2) is 22.7 Å². The maximum absolute atomic E-state index is 13.3. The van der Waals surface area contributed by atoms with E-state index in [9.17, 15) is 9.59 Å². The van der Waals surface area contributed by atoms with Gasteiger partial charge in [0.15, 0.2) is 11.5 Å². The van der Waals surface area contributed by atoms with Crippen LogP contribution in [0, 0.1) is 0 Å². The summed E-state index contributed by atoms with van der Waals surface area (Å²) in [5.74, 6) is 1.34. The Hall–Kier alpha value is -4.26. The van der Waals surface area contributed by atoms with Gasteiger partial charge in [-0.25, -0.2) is 4.79 Å². The highest BCUT2D eigenvalue weighted by molar-refractivity contribution is 5.80. The Morgan fingerprint density at radius 3 is 2.54 bits per heavy atom. The third-order valence-corrected chi connectivity index (χ3v) is 6.14. The van der Waals surface area contributed by atoms with Crippen LogP contribution in [0.5, 0.6) is 11.5 Å². The number of urea groups is 1. The molecule has 4 aromatic rings. The number of carbonyl (C=O) groups excluding carboxylic acids is 1. The number of nitrogens with one attached hydrogen (secondary N) is 2. The van der Waals surface area contributed by atoms with Crippen molar-refractivity contribution >= 4 is 16.9 Å².